The molecule has 0 saturated carbocycles. The molecular weight excluding hydrogens is 356 g/mol. The summed E-state index contributed by atoms with van der Waals surface area (Å²) in [6.45, 7) is 2.03. The van der Waals surface area contributed by atoms with Gasteiger partial charge in [0.2, 0.25) is 0 Å². The molecule has 0 spiro atoms. The maximum Gasteiger partial charge on any atom is 0.167 e. The first-order chi connectivity index (χ1) is 11.1. The monoisotopic (exact) mass is 372 g/mol. The van der Waals surface area contributed by atoms with Crippen molar-refractivity contribution in [1.29, 1.82) is 0 Å². The zero-order chi connectivity index (χ0) is 16.4. The van der Waals surface area contributed by atoms with E-state index >= 15 is 0 Å². The normalized spacial score (nSPS) is 14.4. The Bertz CT molecular complexity index is 776. The van der Waals surface area contributed by atoms with Gasteiger partial charge in [0, 0.05) is 17.3 Å². The minimum absolute atomic E-state index is 0.00186. The second-order valence-electron chi connectivity index (χ2n) is 5.47. The SMILES string of the molecule is CCc1ccc(Oc2ccc(Br)cc2)cc1C1=C(O)CCC1=O. The van der Waals surface area contributed by atoms with E-state index in [1.165, 1.54) is 0 Å². The number of hydrogen-bond donors (Lipinski definition) is 1. The van der Waals surface area contributed by atoms with Crippen molar-refractivity contribution in [1.82, 2.24) is 0 Å². The molecule has 2 aromatic rings. The Hall–Kier alpha value is -2.07. The third-order valence-electron chi connectivity index (χ3n) is 3.94. The van der Waals surface area contributed by atoms with Crippen LogP contribution in [0.3, 0.4) is 0 Å². The average molecular weight is 373 g/mol. The van der Waals surface area contributed by atoms with Crippen molar-refractivity contribution in [3.8, 4) is 11.5 Å². The molecule has 2 aromatic carbocycles. The summed E-state index contributed by atoms with van der Waals surface area (Å²) in [5.41, 5.74) is 2.26. The summed E-state index contributed by atoms with van der Waals surface area (Å²) in [6.07, 6.45) is 1.59. The average Bonchev–Trinajstić information content (AvgIpc) is 2.88. The number of aliphatic hydroxyl groups excluding tert-OH is 1. The Morgan fingerprint density at radius 3 is 2.39 bits per heavy atom. The third kappa shape index (κ3) is 3.32. The van der Waals surface area contributed by atoms with E-state index in [4.69, 9.17) is 4.74 Å². The minimum Gasteiger partial charge on any atom is -0.512 e. The first-order valence-electron chi connectivity index (χ1n) is 7.60. The summed E-state index contributed by atoms with van der Waals surface area (Å²) in [5.74, 6) is 1.56. The molecule has 0 bridgehead atoms. The highest BCUT2D eigenvalue weighted by molar-refractivity contribution is 9.10. The summed E-state index contributed by atoms with van der Waals surface area (Å²) < 4.78 is 6.85. The lowest BCUT2D eigenvalue weighted by molar-refractivity contribution is -0.113. The maximum atomic E-state index is 12.1. The molecule has 0 aromatic heterocycles. The van der Waals surface area contributed by atoms with Crippen LogP contribution in [-0.2, 0) is 11.2 Å². The number of rotatable bonds is 4. The lowest BCUT2D eigenvalue weighted by Gasteiger charge is -2.12. The number of ether oxygens (including phenoxy) is 1. The van der Waals surface area contributed by atoms with Crippen LogP contribution < -0.4 is 4.74 Å². The summed E-state index contributed by atoms with van der Waals surface area (Å²) in [6, 6.07) is 13.2. The Labute approximate surface area is 143 Å². The number of allylic oxidation sites excluding steroid dienone is 2. The van der Waals surface area contributed by atoms with E-state index in [0.29, 0.717) is 24.2 Å². The first kappa shape index (κ1) is 15.8. The molecule has 1 N–H and O–H groups in total. The van der Waals surface area contributed by atoms with Gasteiger partial charge in [0.15, 0.2) is 5.78 Å². The van der Waals surface area contributed by atoms with E-state index in [0.717, 1.165) is 27.8 Å². The van der Waals surface area contributed by atoms with Gasteiger partial charge in [-0.1, -0.05) is 28.9 Å². The summed E-state index contributed by atoms with van der Waals surface area (Å²) >= 11 is 3.39. The number of carbonyl (C=O) groups excluding carboxylic acids is 1. The Balaban J connectivity index is 1.98. The maximum absolute atomic E-state index is 12.1. The molecule has 118 valence electrons. The number of halogens is 1. The van der Waals surface area contributed by atoms with Crippen LogP contribution >= 0.6 is 15.9 Å². The van der Waals surface area contributed by atoms with Gasteiger partial charge in [-0.15, -0.1) is 0 Å². The topological polar surface area (TPSA) is 46.5 Å². The summed E-state index contributed by atoms with van der Waals surface area (Å²) in [5, 5.41) is 10.1. The van der Waals surface area contributed by atoms with Crippen molar-refractivity contribution < 1.29 is 14.6 Å². The van der Waals surface area contributed by atoms with Crippen LogP contribution in [0.2, 0.25) is 0 Å². The number of benzene rings is 2. The molecule has 0 radical (unpaired) electrons. The van der Waals surface area contributed by atoms with Crippen LogP contribution in [0.4, 0.5) is 0 Å². The van der Waals surface area contributed by atoms with Crippen molar-refractivity contribution in [3.63, 3.8) is 0 Å². The third-order valence-corrected chi connectivity index (χ3v) is 4.47. The number of carbonyl (C=O) groups is 1. The standard InChI is InChI=1S/C19H17BrO3/c1-2-12-3-6-15(23-14-7-4-13(20)5-8-14)11-16(12)19-17(21)9-10-18(19)22/h3-8,11,21H,2,9-10H2,1H3. The molecule has 1 aliphatic carbocycles. The highest BCUT2D eigenvalue weighted by Gasteiger charge is 2.26. The molecule has 4 heteroatoms. The zero-order valence-electron chi connectivity index (χ0n) is 12.8. The van der Waals surface area contributed by atoms with Gasteiger partial charge in [-0.05, 0) is 53.9 Å². The number of ketones is 1. The van der Waals surface area contributed by atoms with Crippen molar-refractivity contribution in [2.75, 3.05) is 0 Å². The van der Waals surface area contributed by atoms with E-state index in [1.807, 2.05) is 49.4 Å². The van der Waals surface area contributed by atoms with Crippen LogP contribution in [-0.4, -0.2) is 10.9 Å². The summed E-state index contributed by atoms with van der Waals surface area (Å²) in [4.78, 5) is 12.1. The fourth-order valence-corrected chi connectivity index (χ4v) is 3.01. The fraction of sp³-hybridized carbons (Fsp3) is 0.211. The Kier molecular flexibility index (Phi) is 4.53. The van der Waals surface area contributed by atoms with Gasteiger partial charge in [-0.25, -0.2) is 0 Å². The smallest absolute Gasteiger partial charge is 0.167 e. The van der Waals surface area contributed by atoms with Gasteiger partial charge >= 0.3 is 0 Å². The van der Waals surface area contributed by atoms with E-state index in [1.54, 1.807) is 0 Å². The second-order valence-corrected chi connectivity index (χ2v) is 6.39. The van der Waals surface area contributed by atoms with Crippen LogP contribution in [0.25, 0.3) is 5.57 Å². The molecule has 23 heavy (non-hydrogen) atoms. The zero-order valence-corrected chi connectivity index (χ0v) is 14.4. The van der Waals surface area contributed by atoms with Crippen LogP contribution in [0.5, 0.6) is 11.5 Å². The van der Waals surface area contributed by atoms with Gasteiger partial charge < -0.3 is 9.84 Å². The van der Waals surface area contributed by atoms with Crippen LogP contribution in [0, 0.1) is 0 Å². The fourth-order valence-electron chi connectivity index (χ4n) is 2.75. The predicted octanol–water partition coefficient (Wildman–Crippen LogP) is 5.44. The molecule has 0 fully saturated rings. The first-order valence-corrected chi connectivity index (χ1v) is 8.40. The highest BCUT2D eigenvalue weighted by atomic mass is 79.9. The Morgan fingerprint density at radius 2 is 1.78 bits per heavy atom. The van der Waals surface area contributed by atoms with Crippen molar-refractivity contribution in [2.45, 2.75) is 26.2 Å². The molecule has 0 unspecified atom stereocenters. The molecule has 0 heterocycles. The van der Waals surface area contributed by atoms with E-state index in [9.17, 15) is 9.90 Å². The predicted molar refractivity (Wildman–Crippen MR) is 93.8 cm³/mol. The van der Waals surface area contributed by atoms with Crippen molar-refractivity contribution in [2.24, 2.45) is 0 Å². The van der Waals surface area contributed by atoms with Gasteiger partial charge in [0.25, 0.3) is 0 Å². The molecule has 0 saturated heterocycles. The largest absolute Gasteiger partial charge is 0.512 e. The van der Waals surface area contributed by atoms with E-state index in [2.05, 4.69) is 15.9 Å². The highest BCUT2D eigenvalue weighted by Crippen LogP contribution is 2.35. The molecule has 0 atom stereocenters. The van der Waals surface area contributed by atoms with Crippen LogP contribution in [0.15, 0.2) is 52.7 Å². The molecule has 0 aliphatic heterocycles. The molecule has 3 rings (SSSR count). The number of aryl methyl sites for hydroxylation is 1. The molecule has 0 amide bonds. The second kappa shape index (κ2) is 6.59. The lowest BCUT2D eigenvalue weighted by atomic mass is 9.96. The quantitative estimate of drug-likeness (QED) is 0.777. The Morgan fingerprint density at radius 1 is 1.09 bits per heavy atom. The van der Waals surface area contributed by atoms with Crippen molar-refractivity contribution in [3.05, 3.63) is 63.8 Å². The van der Waals surface area contributed by atoms with Gasteiger partial charge in [0.1, 0.15) is 17.3 Å². The molecule has 1 aliphatic rings. The lowest BCUT2D eigenvalue weighted by Crippen LogP contribution is -2.01. The van der Waals surface area contributed by atoms with Gasteiger partial charge in [-0.2, -0.15) is 0 Å². The number of Topliss-reactive ketones (excluding diaryl/α,β-unsaturated/α-hetero) is 1. The number of aliphatic hydroxyl groups is 1. The molecule has 3 nitrogen and oxygen atoms in total. The number of hydrogen-bond acceptors (Lipinski definition) is 3. The van der Waals surface area contributed by atoms with Crippen molar-refractivity contribution >= 4 is 27.3 Å². The van der Waals surface area contributed by atoms with E-state index < -0.39 is 0 Å². The van der Waals surface area contributed by atoms with E-state index in [-0.39, 0.29) is 11.5 Å². The van der Waals surface area contributed by atoms with Crippen LogP contribution in [0.1, 0.15) is 30.9 Å². The molecular formula is C19H17BrO3. The summed E-state index contributed by atoms with van der Waals surface area (Å²) in [7, 11) is 0. The minimum atomic E-state index is -0.00186. The van der Waals surface area contributed by atoms with Gasteiger partial charge in [-0.3, -0.25) is 4.79 Å². The van der Waals surface area contributed by atoms with Gasteiger partial charge in [0.05, 0.1) is 5.57 Å².